The summed E-state index contributed by atoms with van der Waals surface area (Å²) in [4.78, 5) is 4.78. The molecule has 1 fully saturated rings. The van der Waals surface area contributed by atoms with E-state index in [1.807, 2.05) is 18.2 Å². The van der Waals surface area contributed by atoms with Crippen LogP contribution in [0.5, 0.6) is 0 Å². The number of rotatable bonds is 3. The Morgan fingerprint density at radius 3 is 2.79 bits per heavy atom. The normalized spacial score (nSPS) is 20.3. The van der Waals surface area contributed by atoms with E-state index < -0.39 is 0 Å². The molecule has 0 radical (unpaired) electrons. The molecule has 0 spiro atoms. The van der Waals surface area contributed by atoms with Gasteiger partial charge in [-0.1, -0.05) is 13.0 Å². The molecule has 102 valence electrons. The molecule has 1 aliphatic heterocycles. The van der Waals surface area contributed by atoms with E-state index in [1.165, 1.54) is 0 Å². The van der Waals surface area contributed by atoms with Crippen LogP contribution in [-0.4, -0.2) is 37.1 Å². The number of hydrogen-bond acceptors (Lipinski definition) is 3. The Labute approximate surface area is 120 Å². The van der Waals surface area contributed by atoms with Crippen LogP contribution in [-0.2, 0) is 5.88 Å². The summed E-state index contributed by atoms with van der Waals surface area (Å²) < 4.78 is 0. The minimum atomic E-state index is 0.453. The zero-order chi connectivity index (χ0) is 13.8. The van der Waals surface area contributed by atoms with Gasteiger partial charge in [-0.05, 0) is 31.2 Å². The second kappa shape index (κ2) is 6.27. The van der Waals surface area contributed by atoms with E-state index in [0.717, 1.165) is 43.0 Å². The third-order valence-electron chi connectivity index (χ3n) is 3.85. The number of halogens is 1. The summed E-state index contributed by atoms with van der Waals surface area (Å²) >= 11 is 5.83. The second-order valence-electron chi connectivity index (χ2n) is 5.02. The Bertz CT molecular complexity index is 481. The van der Waals surface area contributed by atoms with E-state index in [-0.39, 0.29) is 0 Å². The van der Waals surface area contributed by atoms with Crippen LogP contribution in [0.2, 0.25) is 0 Å². The number of benzene rings is 1. The molecule has 1 aliphatic rings. The van der Waals surface area contributed by atoms with Crippen LogP contribution in [0.25, 0.3) is 0 Å². The summed E-state index contributed by atoms with van der Waals surface area (Å²) in [5.74, 6) is 0.453. The lowest BCUT2D eigenvalue weighted by Gasteiger charge is -2.40. The lowest BCUT2D eigenvalue weighted by Crippen LogP contribution is -2.51. The molecule has 1 saturated heterocycles. The SMILES string of the molecule is CCN1CCN(c2ccc(CCl)cc2C#N)CC1C. The molecule has 4 heteroatoms. The van der Waals surface area contributed by atoms with E-state index >= 15 is 0 Å². The zero-order valence-corrected chi connectivity index (χ0v) is 12.3. The van der Waals surface area contributed by atoms with Crippen LogP contribution in [0, 0.1) is 11.3 Å². The Morgan fingerprint density at radius 2 is 2.21 bits per heavy atom. The third-order valence-corrected chi connectivity index (χ3v) is 4.16. The standard InChI is InChI=1S/C15H20ClN3/c1-3-18-6-7-19(11-12(18)2)15-5-4-13(9-16)8-14(15)10-17/h4-5,8,12H,3,6-7,9,11H2,1-2H3. The largest absolute Gasteiger partial charge is 0.368 e. The molecule has 1 aromatic rings. The van der Waals surface area contributed by atoms with E-state index in [1.54, 1.807) is 0 Å². The van der Waals surface area contributed by atoms with Crippen molar-refractivity contribution in [2.24, 2.45) is 0 Å². The summed E-state index contributed by atoms with van der Waals surface area (Å²) in [5.41, 5.74) is 2.77. The van der Waals surface area contributed by atoms with Crippen molar-refractivity contribution in [1.29, 1.82) is 5.26 Å². The fourth-order valence-corrected chi connectivity index (χ4v) is 2.88. The topological polar surface area (TPSA) is 30.3 Å². The molecule has 19 heavy (non-hydrogen) atoms. The lowest BCUT2D eigenvalue weighted by molar-refractivity contribution is 0.199. The molecule has 0 N–H and O–H groups in total. The quantitative estimate of drug-likeness (QED) is 0.796. The van der Waals surface area contributed by atoms with E-state index in [4.69, 9.17) is 11.6 Å². The van der Waals surface area contributed by atoms with Gasteiger partial charge in [0.05, 0.1) is 11.3 Å². The smallest absolute Gasteiger partial charge is 0.101 e. The number of likely N-dealkylation sites (N-methyl/N-ethyl adjacent to an activating group) is 1. The Kier molecular flexibility index (Phi) is 4.68. The van der Waals surface area contributed by atoms with Gasteiger partial charge in [0.15, 0.2) is 0 Å². The molecule has 0 aromatic heterocycles. The molecule has 1 heterocycles. The van der Waals surface area contributed by atoms with Crippen LogP contribution in [0.3, 0.4) is 0 Å². The van der Waals surface area contributed by atoms with Gasteiger partial charge in [0.25, 0.3) is 0 Å². The number of piperazine rings is 1. The van der Waals surface area contributed by atoms with Crippen LogP contribution >= 0.6 is 11.6 Å². The molecule has 1 aromatic carbocycles. The minimum absolute atomic E-state index is 0.453. The maximum atomic E-state index is 9.30. The monoisotopic (exact) mass is 277 g/mol. The van der Waals surface area contributed by atoms with Crippen molar-refractivity contribution < 1.29 is 0 Å². The van der Waals surface area contributed by atoms with Gasteiger partial charge in [-0.15, -0.1) is 11.6 Å². The molecule has 0 amide bonds. The molecular formula is C15H20ClN3. The van der Waals surface area contributed by atoms with Crippen molar-refractivity contribution in [3.8, 4) is 6.07 Å². The Balaban J connectivity index is 2.21. The van der Waals surface area contributed by atoms with Gasteiger partial charge in [0.1, 0.15) is 6.07 Å². The Morgan fingerprint density at radius 1 is 1.42 bits per heavy atom. The molecular weight excluding hydrogens is 258 g/mol. The van der Waals surface area contributed by atoms with Crippen molar-refractivity contribution in [3.63, 3.8) is 0 Å². The van der Waals surface area contributed by atoms with Gasteiger partial charge < -0.3 is 4.90 Å². The van der Waals surface area contributed by atoms with Crippen LogP contribution in [0.1, 0.15) is 25.0 Å². The Hall–Kier alpha value is -1.24. The third kappa shape index (κ3) is 3.02. The van der Waals surface area contributed by atoms with Crippen molar-refractivity contribution in [1.82, 2.24) is 4.90 Å². The number of hydrogen-bond donors (Lipinski definition) is 0. The van der Waals surface area contributed by atoms with Crippen molar-refractivity contribution in [2.45, 2.75) is 25.8 Å². The van der Waals surface area contributed by atoms with E-state index in [2.05, 4.69) is 29.7 Å². The molecule has 0 saturated carbocycles. The molecule has 0 bridgehead atoms. The highest BCUT2D eigenvalue weighted by molar-refractivity contribution is 6.17. The van der Waals surface area contributed by atoms with Gasteiger partial charge in [-0.2, -0.15) is 5.26 Å². The predicted molar refractivity (Wildman–Crippen MR) is 79.6 cm³/mol. The van der Waals surface area contributed by atoms with Gasteiger partial charge in [0.2, 0.25) is 0 Å². The van der Waals surface area contributed by atoms with E-state index in [0.29, 0.717) is 11.9 Å². The molecule has 0 aliphatic carbocycles. The van der Waals surface area contributed by atoms with Crippen LogP contribution in [0.4, 0.5) is 5.69 Å². The fourth-order valence-electron chi connectivity index (χ4n) is 2.72. The van der Waals surface area contributed by atoms with Gasteiger partial charge >= 0.3 is 0 Å². The van der Waals surface area contributed by atoms with Crippen molar-refractivity contribution in [2.75, 3.05) is 31.1 Å². The highest BCUT2D eigenvalue weighted by Crippen LogP contribution is 2.24. The maximum Gasteiger partial charge on any atom is 0.101 e. The van der Waals surface area contributed by atoms with Crippen molar-refractivity contribution >= 4 is 17.3 Å². The summed E-state index contributed by atoms with van der Waals surface area (Å²) in [7, 11) is 0. The van der Waals surface area contributed by atoms with Crippen molar-refractivity contribution in [3.05, 3.63) is 29.3 Å². The number of nitrogens with zero attached hydrogens (tertiary/aromatic N) is 3. The average molecular weight is 278 g/mol. The minimum Gasteiger partial charge on any atom is -0.368 e. The molecule has 1 atom stereocenters. The fraction of sp³-hybridized carbons (Fsp3) is 0.533. The maximum absolute atomic E-state index is 9.30. The molecule has 3 nitrogen and oxygen atoms in total. The number of nitriles is 1. The number of alkyl halides is 1. The molecule has 1 unspecified atom stereocenters. The first-order valence-electron chi connectivity index (χ1n) is 6.77. The van der Waals surface area contributed by atoms with Gasteiger partial charge in [0, 0.05) is 31.6 Å². The van der Waals surface area contributed by atoms with E-state index in [9.17, 15) is 5.26 Å². The highest BCUT2D eigenvalue weighted by Gasteiger charge is 2.23. The first-order valence-corrected chi connectivity index (χ1v) is 7.31. The summed E-state index contributed by atoms with van der Waals surface area (Å²) in [6.07, 6.45) is 0. The van der Waals surface area contributed by atoms with Crippen LogP contribution in [0.15, 0.2) is 18.2 Å². The first-order chi connectivity index (χ1) is 9.19. The highest BCUT2D eigenvalue weighted by atomic mass is 35.5. The van der Waals surface area contributed by atoms with Gasteiger partial charge in [-0.3, -0.25) is 4.90 Å². The number of anilines is 1. The van der Waals surface area contributed by atoms with Gasteiger partial charge in [-0.25, -0.2) is 0 Å². The summed E-state index contributed by atoms with van der Waals surface area (Å²) in [6, 6.07) is 8.77. The second-order valence-corrected chi connectivity index (χ2v) is 5.29. The summed E-state index contributed by atoms with van der Waals surface area (Å²) in [5, 5.41) is 9.30. The predicted octanol–water partition coefficient (Wildman–Crippen LogP) is 2.83. The first kappa shape index (κ1) is 14.2. The lowest BCUT2D eigenvalue weighted by atomic mass is 10.1. The molecule has 2 rings (SSSR count). The summed E-state index contributed by atoms with van der Waals surface area (Å²) in [6.45, 7) is 8.54. The average Bonchev–Trinajstić information content (AvgIpc) is 2.46. The zero-order valence-electron chi connectivity index (χ0n) is 11.6. The van der Waals surface area contributed by atoms with Crippen LogP contribution < -0.4 is 4.90 Å².